The molecule has 0 aliphatic carbocycles. The third-order valence-corrected chi connectivity index (χ3v) is 9.50. The molecule has 1 N–H and O–H groups in total. The average molecular weight is 649 g/mol. The zero-order valence-electron chi connectivity index (χ0n) is 31.2. The van der Waals surface area contributed by atoms with Crippen molar-refractivity contribution in [2.24, 2.45) is 0 Å². The van der Waals surface area contributed by atoms with Gasteiger partial charge in [0.25, 0.3) is 0 Å². The third kappa shape index (κ3) is 37.1. The van der Waals surface area contributed by atoms with E-state index < -0.39 is 5.97 Å². The van der Waals surface area contributed by atoms with Gasteiger partial charge in [-0.05, 0) is 51.4 Å². The lowest BCUT2D eigenvalue weighted by Crippen LogP contribution is -2.19. The monoisotopic (exact) mass is 649 g/mol. The van der Waals surface area contributed by atoms with Gasteiger partial charge in [0.2, 0.25) is 0 Å². The van der Waals surface area contributed by atoms with E-state index in [4.69, 9.17) is 9.84 Å². The first-order valence-electron chi connectivity index (χ1n) is 20.7. The van der Waals surface area contributed by atoms with E-state index in [2.05, 4.69) is 26.0 Å². The second-order valence-electron chi connectivity index (χ2n) is 14.2. The third-order valence-electron chi connectivity index (χ3n) is 9.50. The van der Waals surface area contributed by atoms with Crippen LogP contribution in [0.15, 0.2) is 12.2 Å². The summed E-state index contributed by atoms with van der Waals surface area (Å²) in [6.07, 6.45) is 46.6. The van der Waals surface area contributed by atoms with Gasteiger partial charge < -0.3 is 9.84 Å². The molecule has 0 aliphatic heterocycles. The highest BCUT2D eigenvalue weighted by Crippen LogP contribution is 2.18. The number of esters is 1. The maximum absolute atomic E-state index is 12.5. The number of carboxylic acid groups (broad SMARTS) is 1. The predicted molar refractivity (Wildman–Crippen MR) is 200 cm³/mol. The van der Waals surface area contributed by atoms with Crippen LogP contribution in [0.1, 0.15) is 239 Å². The van der Waals surface area contributed by atoms with E-state index in [0.29, 0.717) is 12.8 Å². The number of ether oxygens (including phenoxy) is 1. The summed E-state index contributed by atoms with van der Waals surface area (Å²) in [5.41, 5.74) is 0. The molecule has 46 heavy (non-hydrogen) atoms. The zero-order chi connectivity index (χ0) is 33.6. The summed E-state index contributed by atoms with van der Waals surface area (Å²) in [6.45, 7) is 4.55. The van der Waals surface area contributed by atoms with Crippen LogP contribution in [0.2, 0.25) is 0 Å². The number of hydrogen-bond donors (Lipinski definition) is 1. The molecule has 0 amide bonds. The summed E-state index contributed by atoms with van der Waals surface area (Å²) in [5, 5.41) is 9.13. The highest BCUT2D eigenvalue weighted by molar-refractivity contribution is 5.69. The lowest BCUT2D eigenvalue weighted by Gasteiger charge is -2.17. The Labute approximate surface area is 287 Å². The van der Waals surface area contributed by atoms with Crippen LogP contribution < -0.4 is 0 Å². The van der Waals surface area contributed by atoms with E-state index in [1.54, 1.807) is 0 Å². The number of carbonyl (C=O) groups excluding carboxylic acids is 1. The molecule has 0 bridgehead atoms. The van der Waals surface area contributed by atoms with Crippen molar-refractivity contribution in [3.8, 4) is 0 Å². The van der Waals surface area contributed by atoms with Crippen LogP contribution in [0.5, 0.6) is 0 Å². The van der Waals surface area contributed by atoms with Gasteiger partial charge in [-0.25, -0.2) is 0 Å². The molecule has 4 heteroatoms. The maximum Gasteiger partial charge on any atom is 0.306 e. The van der Waals surface area contributed by atoms with Crippen molar-refractivity contribution in [3.05, 3.63) is 12.2 Å². The Morgan fingerprint density at radius 1 is 0.457 bits per heavy atom. The Morgan fingerprint density at radius 2 is 0.804 bits per heavy atom. The predicted octanol–water partition coefficient (Wildman–Crippen LogP) is 14.2. The number of allylic oxidation sites excluding steroid dienone is 2. The fraction of sp³-hybridized carbons (Fsp3) is 0.905. The number of carboxylic acids is 1. The van der Waals surface area contributed by atoms with Gasteiger partial charge in [0.05, 0.1) is 0 Å². The van der Waals surface area contributed by atoms with Crippen LogP contribution in [0.25, 0.3) is 0 Å². The van der Waals surface area contributed by atoms with Crippen LogP contribution in [0.3, 0.4) is 0 Å². The molecule has 0 aromatic rings. The molecule has 4 nitrogen and oxygen atoms in total. The maximum atomic E-state index is 12.5. The van der Waals surface area contributed by atoms with Crippen LogP contribution >= 0.6 is 0 Å². The van der Waals surface area contributed by atoms with Gasteiger partial charge in [0, 0.05) is 12.8 Å². The molecule has 0 aliphatic rings. The SMILES string of the molecule is CCCCCCCC/C=C\CCCCCCCCCCCC(=O)OC(CCCCCCCCCCCCCCCC)CCC(=O)O. The molecule has 0 saturated heterocycles. The largest absolute Gasteiger partial charge is 0.481 e. The van der Waals surface area contributed by atoms with Crippen molar-refractivity contribution in [2.45, 2.75) is 245 Å². The van der Waals surface area contributed by atoms with Crippen LogP contribution in [-0.2, 0) is 14.3 Å². The molecule has 0 spiro atoms. The Morgan fingerprint density at radius 3 is 1.20 bits per heavy atom. The number of rotatable bonds is 38. The summed E-state index contributed by atoms with van der Waals surface area (Å²) in [4.78, 5) is 23.6. The highest BCUT2D eigenvalue weighted by atomic mass is 16.5. The smallest absolute Gasteiger partial charge is 0.306 e. The molecule has 0 aromatic carbocycles. The van der Waals surface area contributed by atoms with Gasteiger partial charge in [-0.15, -0.1) is 0 Å². The Bertz CT molecular complexity index is 658. The van der Waals surface area contributed by atoms with Crippen LogP contribution in [0, 0.1) is 0 Å². The minimum Gasteiger partial charge on any atom is -0.481 e. The minimum atomic E-state index is -0.808. The van der Waals surface area contributed by atoms with Crippen molar-refractivity contribution in [2.75, 3.05) is 0 Å². The van der Waals surface area contributed by atoms with Gasteiger partial charge >= 0.3 is 11.9 Å². The lowest BCUT2D eigenvalue weighted by atomic mass is 10.0. The Hall–Kier alpha value is -1.32. The second-order valence-corrected chi connectivity index (χ2v) is 14.2. The van der Waals surface area contributed by atoms with Crippen LogP contribution in [-0.4, -0.2) is 23.1 Å². The quantitative estimate of drug-likeness (QED) is 0.0411. The molecule has 272 valence electrons. The number of unbranched alkanes of at least 4 members (excludes halogenated alkanes) is 28. The molecular weight excluding hydrogens is 568 g/mol. The van der Waals surface area contributed by atoms with Gasteiger partial charge in [0.15, 0.2) is 0 Å². The standard InChI is InChI=1S/C42H80O4/c1-3-5-7-9-11-13-15-17-19-20-21-22-23-25-27-29-31-33-35-37-42(45)46-40(38-39-41(43)44)36-34-32-30-28-26-24-18-16-14-12-10-8-6-4-2/h17,19,40H,3-16,18,20-39H2,1-2H3,(H,43,44)/b19-17-. The number of hydrogen-bond acceptors (Lipinski definition) is 3. The summed E-state index contributed by atoms with van der Waals surface area (Å²) in [5.74, 6) is -0.945. The fourth-order valence-corrected chi connectivity index (χ4v) is 6.41. The lowest BCUT2D eigenvalue weighted by molar-refractivity contribution is -0.151. The van der Waals surface area contributed by atoms with Gasteiger partial charge in [-0.2, -0.15) is 0 Å². The summed E-state index contributed by atoms with van der Waals surface area (Å²) in [6, 6.07) is 0. The number of aliphatic carboxylic acids is 1. The highest BCUT2D eigenvalue weighted by Gasteiger charge is 2.16. The van der Waals surface area contributed by atoms with E-state index in [-0.39, 0.29) is 18.5 Å². The second kappa shape index (κ2) is 38.1. The first-order chi connectivity index (χ1) is 22.6. The normalized spacial score (nSPS) is 12.2. The molecular formula is C42H80O4. The van der Waals surface area contributed by atoms with E-state index in [0.717, 1.165) is 32.1 Å². The zero-order valence-corrected chi connectivity index (χ0v) is 31.2. The topological polar surface area (TPSA) is 63.6 Å². The molecule has 0 radical (unpaired) electrons. The van der Waals surface area contributed by atoms with Crippen molar-refractivity contribution in [1.29, 1.82) is 0 Å². The molecule has 0 aromatic heterocycles. The first kappa shape index (κ1) is 44.7. The molecule has 1 unspecified atom stereocenters. The molecule has 0 rings (SSSR count). The van der Waals surface area contributed by atoms with Crippen molar-refractivity contribution < 1.29 is 19.4 Å². The van der Waals surface area contributed by atoms with E-state index >= 15 is 0 Å². The Balaban J connectivity index is 3.67. The van der Waals surface area contributed by atoms with Crippen LogP contribution in [0.4, 0.5) is 0 Å². The summed E-state index contributed by atoms with van der Waals surface area (Å²) >= 11 is 0. The van der Waals surface area contributed by atoms with Crippen molar-refractivity contribution in [1.82, 2.24) is 0 Å². The molecule has 0 saturated carbocycles. The summed E-state index contributed by atoms with van der Waals surface area (Å²) in [7, 11) is 0. The van der Waals surface area contributed by atoms with Crippen molar-refractivity contribution in [3.63, 3.8) is 0 Å². The first-order valence-corrected chi connectivity index (χ1v) is 20.7. The van der Waals surface area contributed by atoms with Gasteiger partial charge in [0.1, 0.15) is 6.10 Å². The minimum absolute atomic E-state index is 0.0759. The van der Waals surface area contributed by atoms with E-state index in [1.165, 1.54) is 173 Å². The van der Waals surface area contributed by atoms with Gasteiger partial charge in [-0.3, -0.25) is 9.59 Å². The molecule has 0 fully saturated rings. The number of carbonyl (C=O) groups is 2. The molecule has 0 heterocycles. The van der Waals surface area contributed by atoms with E-state index in [1.807, 2.05) is 0 Å². The fourth-order valence-electron chi connectivity index (χ4n) is 6.41. The van der Waals surface area contributed by atoms with Crippen molar-refractivity contribution >= 4 is 11.9 Å². The van der Waals surface area contributed by atoms with Gasteiger partial charge in [-0.1, -0.05) is 187 Å². The average Bonchev–Trinajstić information content (AvgIpc) is 3.04. The molecule has 1 atom stereocenters. The summed E-state index contributed by atoms with van der Waals surface area (Å²) < 4.78 is 5.74. The van der Waals surface area contributed by atoms with E-state index in [9.17, 15) is 9.59 Å². The Kier molecular flexibility index (Phi) is 37.0.